The van der Waals surface area contributed by atoms with Crippen molar-refractivity contribution in [3.8, 4) is 16.9 Å². The topological polar surface area (TPSA) is 124 Å². The molecule has 0 saturated carbocycles. The van der Waals surface area contributed by atoms with Crippen molar-refractivity contribution in [3.63, 3.8) is 0 Å². The molecule has 4 aromatic rings. The number of hydrogen-bond acceptors (Lipinski definition) is 7. The maximum absolute atomic E-state index is 12.8. The van der Waals surface area contributed by atoms with Crippen LogP contribution >= 0.6 is 11.3 Å². The van der Waals surface area contributed by atoms with E-state index in [1.165, 1.54) is 29.7 Å². The van der Waals surface area contributed by atoms with Crippen LogP contribution in [0.2, 0.25) is 0 Å². The summed E-state index contributed by atoms with van der Waals surface area (Å²) in [5.74, 6) is -0.383. The molecule has 0 radical (unpaired) electrons. The summed E-state index contributed by atoms with van der Waals surface area (Å²) in [6.07, 6.45) is 1.52. The molecule has 4 N–H and O–H groups in total. The molecule has 0 fully saturated rings. The lowest BCUT2D eigenvalue weighted by Crippen LogP contribution is -2.21. The first-order valence-electron chi connectivity index (χ1n) is 8.91. The number of anilines is 2. The third-order valence-electron chi connectivity index (χ3n) is 4.54. The van der Waals surface area contributed by atoms with Gasteiger partial charge in [-0.3, -0.25) is 9.52 Å². The fourth-order valence-electron chi connectivity index (χ4n) is 3.12. The van der Waals surface area contributed by atoms with Crippen LogP contribution in [-0.2, 0) is 10.0 Å². The monoisotopic (exact) mass is 442 g/mol. The molecule has 4 rings (SSSR count). The van der Waals surface area contributed by atoms with E-state index in [1.807, 2.05) is 18.2 Å². The van der Waals surface area contributed by atoms with Crippen LogP contribution in [0.3, 0.4) is 0 Å². The molecule has 8 nitrogen and oxygen atoms in total. The Morgan fingerprint density at radius 3 is 2.67 bits per heavy atom. The zero-order valence-electron chi connectivity index (χ0n) is 16.1. The predicted molar refractivity (Wildman–Crippen MR) is 119 cm³/mol. The summed E-state index contributed by atoms with van der Waals surface area (Å²) in [5.41, 5.74) is 1.90. The molecule has 10 heteroatoms. The number of benzene rings is 2. The second kappa shape index (κ2) is 7.47. The summed E-state index contributed by atoms with van der Waals surface area (Å²) in [6.45, 7) is 1.57. The van der Waals surface area contributed by atoms with Gasteiger partial charge in [-0.05, 0) is 42.3 Å². The number of phenolic OH excluding ortho intramolecular Hbond substituents is 1. The number of aryl methyl sites for hydroxylation is 1. The van der Waals surface area contributed by atoms with Gasteiger partial charge in [0.2, 0.25) is 0 Å². The summed E-state index contributed by atoms with van der Waals surface area (Å²) in [7, 11) is -2.37. The second-order valence-electron chi connectivity index (χ2n) is 6.61. The molecule has 0 aliphatic heterocycles. The van der Waals surface area contributed by atoms with Gasteiger partial charge in [0.25, 0.3) is 15.6 Å². The van der Waals surface area contributed by atoms with Gasteiger partial charge in [0.05, 0.1) is 10.2 Å². The molecular formula is C20H18N4O4S2. The maximum Gasteiger partial charge on any atom is 0.272 e. The van der Waals surface area contributed by atoms with Crippen LogP contribution in [0.5, 0.6) is 5.75 Å². The number of hydrogen-bond donors (Lipinski definition) is 4. The number of rotatable bonds is 5. The number of phenols is 1. The molecule has 0 spiro atoms. The van der Waals surface area contributed by atoms with Crippen LogP contribution in [0.4, 0.5) is 10.8 Å². The lowest BCUT2D eigenvalue weighted by Gasteiger charge is -2.12. The molecule has 2 aromatic heterocycles. The largest absolute Gasteiger partial charge is 0.507 e. The normalized spacial score (nSPS) is 11.5. The summed E-state index contributed by atoms with van der Waals surface area (Å²) in [6, 6.07) is 11.5. The van der Waals surface area contributed by atoms with Gasteiger partial charge in [0.15, 0.2) is 5.13 Å². The van der Waals surface area contributed by atoms with Crippen LogP contribution in [0.25, 0.3) is 21.3 Å². The number of aromatic nitrogens is 2. The highest BCUT2D eigenvalue weighted by molar-refractivity contribution is 7.92. The zero-order chi connectivity index (χ0) is 21.5. The van der Waals surface area contributed by atoms with Crippen molar-refractivity contribution in [2.45, 2.75) is 11.8 Å². The van der Waals surface area contributed by atoms with Crippen molar-refractivity contribution in [2.24, 2.45) is 0 Å². The first-order chi connectivity index (χ1) is 14.3. The molecule has 0 atom stereocenters. The summed E-state index contributed by atoms with van der Waals surface area (Å²) < 4.78 is 28.9. The van der Waals surface area contributed by atoms with Crippen molar-refractivity contribution < 1.29 is 13.5 Å². The molecule has 0 bridgehead atoms. The van der Waals surface area contributed by atoms with Gasteiger partial charge in [-0.25, -0.2) is 13.4 Å². The van der Waals surface area contributed by atoms with Crippen LogP contribution in [0.1, 0.15) is 5.56 Å². The first kappa shape index (κ1) is 19.9. The number of thiazole rings is 1. The number of pyridine rings is 1. The molecule has 0 amide bonds. The molecule has 2 heterocycles. The maximum atomic E-state index is 12.8. The van der Waals surface area contributed by atoms with Gasteiger partial charge in [0.1, 0.15) is 16.3 Å². The van der Waals surface area contributed by atoms with Crippen molar-refractivity contribution >= 4 is 42.4 Å². The van der Waals surface area contributed by atoms with E-state index in [0.717, 1.165) is 20.9 Å². The summed E-state index contributed by atoms with van der Waals surface area (Å²) >= 11 is 1.49. The van der Waals surface area contributed by atoms with Crippen molar-refractivity contribution in [3.05, 3.63) is 64.6 Å². The summed E-state index contributed by atoms with van der Waals surface area (Å²) in [5, 5.41) is 13.8. The van der Waals surface area contributed by atoms with Gasteiger partial charge >= 0.3 is 0 Å². The van der Waals surface area contributed by atoms with E-state index in [2.05, 4.69) is 20.0 Å². The van der Waals surface area contributed by atoms with E-state index >= 15 is 0 Å². The quantitative estimate of drug-likeness (QED) is 0.375. The van der Waals surface area contributed by atoms with Crippen LogP contribution < -0.4 is 15.6 Å². The molecule has 0 unspecified atom stereocenters. The number of aromatic hydroxyl groups is 1. The average molecular weight is 443 g/mol. The van der Waals surface area contributed by atoms with Crippen molar-refractivity contribution in [1.29, 1.82) is 0 Å². The first-order valence-corrected chi connectivity index (χ1v) is 11.2. The Morgan fingerprint density at radius 1 is 1.13 bits per heavy atom. The number of aromatic amines is 1. The van der Waals surface area contributed by atoms with E-state index < -0.39 is 15.6 Å². The van der Waals surface area contributed by atoms with E-state index in [-0.39, 0.29) is 16.3 Å². The van der Waals surface area contributed by atoms with Crippen LogP contribution in [0.15, 0.2) is 58.4 Å². The van der Waals surface area contributed by atoms with E-state index in [0.29, 0.717) is 11.1 Å². The highest BCUT2D eigenvalue weighted by Crippen LogP contribution is 2.31. The lowest BCUT2D eigenvalue weighted by atomic mass is 10.1. The molecule has 0 aliphatic carbocycles. The highest BCUT2D eigenvalue weighted by Gasteiger charge is 2.22. The zero-order valence-corrected chi connectivity index (χ0v) is 17.7. The number of nitrogens with one attached hydrogen (secondary N) is 3. The van der Waals surface area contributed by atoms with Crippen LogP contribution in [0, 0.1) is 6.92 Å². The van der Waals surface area contributed by atoms with E-state index in [1.54, 1.807) is 26.1 Å². The molecular weight excluding hydrogens is 424 g/mol. The average Bonchev–Trinajstić information content (AvgIpc) is 3.11. The van der Waals surface area contributed by atoms with Crippen molar-refractivity contribution in [1.82, 2.24) is 9.97 Å². The molecule has 0 saturated heterocycles. The smallest absolute Gasteiger partial charge is 0.272 e. The number of nitrogens with zero attached hydrogens (tertiary/aromatic N) is 1. The SMILES string of the molecule is CNc1nc2ccc(-c3c[nH]c(=O)c(NS(=O)(=O)c4c(C)cccc4O)c3)cc2s1. The Kier molecular flexibility index (Phi) is 4.96. The van der Waals surface area contributed by atoms with Gasteiger partial charge in [-0.15, -0.1) is 0 Å². The fraction of sp³-hybridized carbons (Fsp3) is 0.100. The van der Waals surface area contributed by atoms with E-state index in [4.69, 9.17) is 0 Å². The van der Waals surface area contributed by atoms with Crippen LogP contribution in [-0.4, -0.2) is 30.5 Å². The minimum atomic E-state index is -4.17. The van der Waals surface area contributed by atoms with Gasteiger partial charge in [-0.1, -0.05) is 29.5 Å². The molecule has 0 aliphatic rings. The fourth-order valence-corrected chi connectivity index (χ4v) is 5.36. The molecule has 154 valence electrons. The minimum absolute atomic E-state index is 0.143. The number of fused-ring (bicyclic) bond motifs is 1. The Labute approximate surface area is 176 Å². The van der Waals surface area contributed by atoms with E-state index in [9.17, 15) is 18.3 Å². The predicted octanol–water partition coefficient (Wildman–Crippen LogP) is 3.51. The summed E-state index contributed by atoms with van der Waals surface area (Å²) in [4.78, 5) is 19.0. The van der Waals surface area contributed by atoms with Gasteiger partial charge in [0, 0.05) is 18.8 Å². The molecule has 30 heavy (non-hydrogen) atoms. The highest BCUT2D eigenvalue weighted by atomic mass is 32.2. The minimum Gasteiger partial charge on any atom is -0.507 e. The second-order valence-corrected chi connectivity index (χ2v) is 9.26. The third kappa shape index (κ3) is 3.62. The third-order valence-corrected chi connectivity index (χ3v) is 7.14. The Morgan fingerprint density at radius 2 is 1.93 bits per heavy atom. The van der Waals surface area contributed by atoms with Gasteiger partial charge < -0.3 is 15.4 Å². The Bertz CT molecular complexity index is 1400. The Hall–Kier alpha value is -3.37. The lowest BCUT2D eigenvalue weighted by molar-refractivity contribution is 0.458. The standard InChI is InChI=1S/C20H18N4O4S2/c1-11-4-3-5-16(25)18(11)30(27,28)24-15-8-13(10-22-19(15)26)12-6-7-14-17(9-12)29-20(21-2)23-14/h3-10,24-25H,1-2H3,(H,21,23)(H,22,26). The number of sulfonamides is 1. The van der Waals surface area contributed by atoms with Gasteiger partial charge in [-0.2, -0.15) is 0 Å². The number of H-pyrrole nitrogens is 1. The van der Waals surface area contributed by atoms with Crippen molar-refractivity contribution in [2.75, 3.05) is 17.1 Å². The molecule has 2 aromatic carbocycles. The Balaban J connectivity index is 1.75.